The molecule has 6 nitrogen and oxygen atoms in total. The van der Waals surface area contributed by atoms with Gasteiger partial charge in [-0.3, -0.25) is 9.36 Å². The van der Waals surface area contributed by atoms with E-state index in [4.69, 9.17) is 4.74 Å². The summed E-state index contributed by atoms with van der Waals surface area (Å²) in [5.41, 5.74) is 0.930. The highest BCUT2D eigenvalue weighted by Gasteiger charge is 2.18. The number of ether oxygens (including phenoxy) is 1. The molecule has 0 N–H and O–H groups in total. The molecule has 2 aromatic rings. The van der Waals surface area contributed by atoms with Crippen molar-refractivity contribution < 1.29 is 4.74 Å². The lowest BCUT2D eigenvalue weighted by molar-refractivity contribution is 0.328. The van der Waals surface area contributed by atoms with Gasteiger partial charge in [-0.25, -0.2) is 9.78 Å². The van der Waals surface area contributed by atoms with Crippen LogP contribution in [0.4, 0.5) is 0 Å². The minimum absolute atomic E-state index is 0.348. The first kappa shape index (κ1) is 14.0. The van der Waals surface area contributed by atoms with Gasteiger partial charge in [0.1, 0.15) is 0 Å². The van der Waals surface area contributed by atoms with Crippen LogP contribution in [0.2, 0.25) is 0 Å². The summed E-state index contributed by atoms with van der Waals surface area (Å²) < 4.78 is 8.00. The molecule has 0 saturated heterocycles. The van der Waals surface area contributed by atoms with Gasteiger partial charge in [-0.15, -0.1) is 0 Å². The average molecular weight is 275 g/mol. The highest BCUT2D eigenvalue weighted by molar-refractivity contribution is 5.69. The second kappa shape index (κ2) is 5.32. The first-order chi connectivity index (χ1) is 9.49. The van der Waals surface area contributed by atoms with Crippen LogP contribution < -0.4 is 16.0 Å². The van der Waals surface area contributed by atoms with E-state index >= 15 is 0 Å². The van der Waals surface area contributed by atoms with E-state index in [0.717, 1.165) is 4.57 Å². The molecule has 0 aliphatic heterocycles. The molecular weight excluding hydrogens is 258 g/mol. The molecule has 2 rings (SSSR count). The third kappa shape index (κ3) is 2.13. The van der Waals surface area contributed by atoms with Crippen molar-refractivity contribution in [2.75, 3.05) is 6.61 Å². The van der Waals surface area contributed by atoms with E-state index in [-0.39, 0.29) is 11.2 Å². The monoisotopic (exact) mass is 275 g/mol. The van der Waals surface area contributed by atoms with Crippen molar-refractivity contribution in [3.8, 4) is 17.0 Å². The molecule has 2 heterocycles. The Kier molecular flexibility index (Phi) is 3.74. The van der Waals surface area contributed by atoms with Crippen LogP contribution in [-0.4, -0.2) is 20.7 Å². The van der Waals surface area contributed by atoms with Gasteiger partial charge in [-0.2, -0.15) is 0 Å². The van der Waals surface area contributed by atoms with Crippen molar-refractivity contribution in [3.63, 3.8) is 0 Å². The number of nitrogens with zero attached hydrogens (tertiary/aromatic N) is 3. The highest BCUT2D eigenvalue weighted by Crippen LogP contribution is 2.26. The van der Waals surface area contributed by atoms with Crippen LogP contribution in [-0.2, 0) is 14.1 Å². The zero-order valence-corrected chi connectivity index (χ0v) is 12.0. The maximum Gasteiger partial charge on any atom is 0.330 e. The highest BCUT2D eigenvalue weighted by atomic mass is 16.5. The molecule has 0 aromatic carbocycles. The van der Waals surface area contributed by atoms with E-state index in [9.17, 15) is 9.59 Å². The molecule has 0 saturated carbocycles. The predicted octanol–water partition coefficient (Wildman–Crippen LogP) is 0.853. The fraction of sp³-hybridized carbons (Fsp3) is 0.357. The zero-order chi connectivity index (χ0) is 14.9. The van der Waals surface area contributed by atoms with Crippen molar-refractivity contribution >= 4 is 0 Å². The molecule has 0 radical (unpaired) electrons. The Balaban J connectivity index is 2.84. The summed E-state index contributed by atoms with van der Waals surface area (Å²) in [5.74, 6) is 0.397. The average Bonchev–Trinajstić information content (AvgIpc) is 2.45. The lowest BCUT2D eigenvalue weighted by atomic mass is 10.1. The fourth-order valence-electron chi connectivity index (χ4n) is 2.09. The number of hydrogen-bond donors (Lipinski definition) is 0. The summed E-state index contributed by atoms with van der Waals surface area (Å²) in [4.78, 5) is 28.4. The summed E-state index contributed by atoms with van der Waals surface area (Å²) in [6.45, 7) is 4.04. The lowest BCUT2D eigenvalue weighted by Crippen LogP contribution is -2.39. The molecule has 0 spiro atoms. The van der Waals surface area contributed by atoms with Crippen molar-refractivity contribution in [3.05, 3.63) is 44.9 Å². The smallest absolute Gasteiger partial charge is 0.330 e. The zero-order valence-electron chi connectivity index (χ0n) is 12.0. The molecule has 20 heavy (non-hydrogen) atoms. The Morgan fingerprint density at radius 3 is 2.60 bits per heavy atom. The van der Waals surface area contributed by atoms with E-state index in [2.05, 4.69) is 4.98 Å². The molecular formula is C14H17N3O3. The van der Waals surface area contributed by atoms with Gasteiger partial charge in [0.25, 0.3) is 5.56 Å². The summed E-state index contributed by atoms with van der Waals surface area (Å²) >= 11 is 0. The third-order valence-electron chi connectivity index (χ3n) is 3.28. The quantitative estimate of drug-likeness (QED) is 0.833. The summed E-state index contributed by atoms with van der Waals surface area (Å²) in [5, 5.41) is 0. The second-order valence-electron chi connectivity index (χ2n) is 4.46. The topological polar surface area (TPSA) is 66.1 Å². The van der Waals surface area contributed by atoms with Crippen LogP contribution in [0.3, 0.4) is 0 Å². The number of pyridine rings is 1. The molecule has 0 atom stereocenters. The number of hydrogen-bond acceptors (Lipinski definition) is 4. The van der Waals surface area contributed by atoms with Crippen LogP contribution in [0.1, 0.15) is 12.6 Å². The molecule has 6 heteroatoms. The summed E-state index contributed by atoms with van der Waals surface area (Å²) in [7, 11) is 3.10. The maximum absolute atomic E-state index is 12.4. The Hall–Kier alpha value is -2.37. The van der Waals surface area contributed by atoms with E-state index in [1.807, 2.05) is 6.92 Å². The molecule has 0 aliphatic carbocycles. The van der Waals surface area contributed by atoms with E-state index in [0.29, 0.717) is 29.3 Å². The summed E-state index contributed by atoms with van der Waals surface area (Å²) in [6.07, 6.45) is 1.61. The van der Waals surface area contributed by atoms with E-state index in [1.165, 1.54) is 11.6 Å². The van der Waals surface area contributed by atoms with Gasteiger partial charge in [-0.1, -0.05) is 0 Å². The van der Waals surface area contributed by atoms with Gasteiger partial charge < -0.3 is 9.30 Å². The Labute approximate surface area is 116 Å². The standard InChI is InChI=1S/C14H17N3O3/c1-5-20-12-10(7-6-8-15-12)11-9(2)16(3)14(19)17(4)13(11)18/h6-8H,5H2,1-4H3. The van der Waals surface area contributed by atoms with Crippen LogP contribution in [0.5, 0.6) is 5.88 Å². The van der Waals surface area contributed by atoms with Gasteiger partial charge in [-0.05, 0) is 26.0 Å². The molecule has 2 aromatic heterocycles. The van der Waals surface area contributed by atoms with Crippen molar-refractivity contribution in [1.82, 2.24) is 14.1 Å². The number of rotatable bonds is 3. The maximum atomic E-state index is 12.4. The van der Waals surface area contributed by atoms with Gasteiger partial charge in [0.15, 0.2) is 0 Å². The van der Waals surface area contributed by atoms with E-state index < -0.39 is 0 Å². The molecule has 0 aliphatic rings. The molecule has 0 unspecified atom stereocenters. The first-order valence-corrected chi connectivity index (χ1v) is 6.33. The molecule has 0 fully saturated rings. The van der Waals surface area contributed by atoms with Crippen molar-refractivity contribution in [1.29, 1.82) is 0 Å². The number of aromatic nitrogens is 3. The lowest BCUT2D eigenvalue weighted by Gasteiger charge is -2.14. The summed E-state index contributed by atoms with van der Waals surface area (Å²) in [6, 6.07) is 3.51. The van der Waals surface area contributed by atoms with Crippen LogP contribution >= 0.6 is 0 Å². The SMILES string of the molecule is CCOc1ncccc1-c1c(C)n(C)c(=O)n(C)c1=O. The first-order valence-electron chi connectivity index (χ1n) is 6.33. The largest absolute Gasteiger partial charge is 0.478 e. The molecule has 0 bridgehead atoms. The Morgan fingerprint density at radius 2 is 1.95 bits per heavy atom. The predicted molar refractivity (Wildman–Crippen MR) is 76.1 cm³/mol. The third-order valence-corrected chi connectivity index (χ3v) is 3.28. The van der Waals surface area contributed by atoms with Gasteiger partial charge in [0, 0.05) is 26.0 Å². The van der Waals surface area contributed by atoms with Gasteiger partial charge in [0.05, 0.1) is 17.7 Å². The Bertz CT molecular complexity index is 759. The molecule has 106 valence electrons. The normalized spacial score (nSPS) is 10.6. The minimum atomic E-state index is -0.349. The second-order valence-corrected chi connectivity index (χ2v) is 4.46. The van der Waals surface area contributed by atoms with Crippen LogP contribution in [0.15, 0.2) is 27.9 Å². The van der Waals surface area contributed by atoms with E-state index in [1.54, 1.807) is 32.3 Å². The molecule has 0 amide bonds. The fourth-order valence-corrected chi connectivity index (χ4v) is 2.09. The van der Waals surface area contributed by atoms with Crippen molar-refractivity contribution in [2.45, 2.75) is 13.8 Å². The van der Waals surface area contributed by atoms with Crippen molar-refractivity contribution in [2.24, 2.45) is 14.1 Å². The van der Waals surface area contributed by atoms with Crippen LogP contribution in [0.25, 0.3) is 11.1 Å². The van der Waals surface area contributed by atoms with Gasteiger partial charge in [0.2, 0.25) is 5.88 Å². The van der Waals surface area contributed by atoms with Crippen LogP contribution in [0, 0.1) is 6.92 Å². The van der Waals surface area contributed by atoms with Gasteiger partial charge >= 0.3 is 5.69 Å². The Morgan fingerprint density at radius 1 is 1.25 bits per heavy atom. The minimum Gasteiger partial charge on any atom is -0.478 e.